The average molecular weight is 352 g/mol. The van der Waals surface area contributed by atoms with Crippen LogP contribution in [-0.4, -0.2) is 48.4 Å². The summed E-state index contributed by atoms with van der Waals surface area (Å²) in [6.45, 7) is 2.57. The molecule has 6 heteroatoms. The summed E-state index contributed by atoms with van der Waals surface area (Å²) in [5.41, 5.74) is 0. The van der Waals surface area contributed by atoms with Gasteiger partial charge in [0.15, 0.2) is 5.11 Å². The molecule has 3 rings (SSSR count). The van der Waals surface area contributed by atoms with E-state index in [4.69, 9.17) is 21.4 Å². The van der Waals surface area contributed by atoms with Gasteiger partial charge >= 0.3 is 0 Å². The van der Waals surface area contributed by atoms with Crippen molar-refractivity contribution in [2.24, 2.45) is 0 Å². The van der Waals surface area contributed by atoms with Gasteiger partial charge < -0.3 is 19.8 Å². The Hall–Kier alpha value is -1.11. The van der Waals surface area contributed by atoms with Crippen LogP contribution in [0, 0.1) is 0 Å². The van der Waals surface area contributed by atoms with Crippen molar-refractivity contribution < 1.29 is 9.15 Å². The van der Waals surface area contributed by atoms with Gasteiger partial charge in [0.25, 0.3) is 0 Å². The second-order valence-corrected chi connectivity index (χ2v) is 7.31. The SMILES string of the molecule is COCCCNC(=S)NC1C[C@H]2CCC[C@@H](C1)N2Cc1ccco1. The van der Waals surface area contributed by atoms with E-state index in [1.54, 1.807) is 13.4 Å². The second-order valence-electron chi connectivity index (χ2n) is 6.91. The van der Waals surface area contributed by atoms with Crippen molar-refractivity contribution in [3.05, 3.63) is 24.2 Å². The molecule has 2 N–H and O–H groups in total. The molecule has 1 aromatic heterocycles. The molecule has 0 aromatic carbocycles. The molecule has 2 saturated heterocycles. The summed E-state index contributed by atoms with van der Waals surface area (Å²) in [7, 11) is 1.73. The lowest BCUT2D eigenvalue weighted by molar-refractivity contribution is 0.0160. The van der Waals surface area contributed by atoms with Gasteiger partial charge in [-0.1, -0.05) is 6.42 Å². The average Bonchev–Trinajstić information content (AvgIpc) is 3.05. The normalized spacial score (nSPS) is 27.0. The number of rotatable bonds is 7. The van der Waals surface area contributed by atoms with Crippen LogP contribution in [-0.2, 0) is 11.3 Å². The van der Waals surface area contributed by atoms with Crippen molar-refractivity contribution in [1.29, 1.82) is 0 Å². The Morgan fingerprint density at radius 3 is 2.83 bits per heavy atom. The number of furan rings is 1. The minimum atomic E-state index is 0.482. The quantitative estimate of drug-likeness (QED) is 0.582. The Morgan fingerprint density at radius 2 is 2.17 bits per heavy atom. The van der Waals surface area contributed by atoms with E-state index in [9.17, 15) is 0 Å². The number of fused-ring (bicyclic) bond motifs is 2. The lowest BCUT2D eigenvalue weighted by Crippen LogP contribution is -2.57. The van der Waals surface area contributed by atoms with Crippen LogP contribution in [0.3, 0.4) is 0 Å². The predicted molar refractivity (Wildman–Crippen MR) is 98.9 cm³/mol. The number of nitrogens with zero attached hydrogens (tertiary/aromatic N) is 1. The number of nitrogens with one attached hydrogen (secondary N) is 2. The summed E-state index contributed by atoms with van der Waals surface area (Å²) >= 11 is 5.45. The number of ether oxygens (including phenoxy) is 1. The standard InChI is InChI=1S/C18H29N3O2S/c1-22-9-4-8-19-18(24)20-14-11-15-5-2-6-16(12-14)21(15)13-17-7-3-10-23-17/h3,7,10,14-16H,2,4-6,8-9,11-13H2,1H3,(H2,19,20,24)/t14?,15-,16+. The molecule has 134 valence electrons. The van der Waals surface area contributed by atoms with Gasteiger partial charge in [-0.3, -0.25) is 4.90 Å². The molecule has 0 spiro atoms. The summed E-state index contributed by atoms with van der Waals surface area (Å²) in [4.78, 5) is 2.65. The second kappa shape index (κ2) is 8.83. The summed E-state index contributed by atoms with van der Waals surface area (Å²) in [5.74, 6) is 1.08. The first-order chi connectivity index (χ1) is 11.8. The van der Waals surface area contributed by atoms with Crippen LogP contribution in [0.4, 0.5) is 0 Å². The fourth-order valence-electron chi connectivity index (χ4n) is 4.09. The molecule has 24 heavy (non-hydrogen) atoms. The predicted octanol–water partition coefficient (Wildman–Crippen LogP) is 2.67. The van der Waals surface area contributed by atoms with Gasteiger partial charge in [-0.25, -0.2) is 0 Å². The number of methoxy groups -OCH3 is 1. The zero-order valence-electron chi connectivity index (χ0n) is 14.5. The summed E-state index contributed by atoms with van der Waals surface area (Å²) < 4.78 is 10.6. The van der Waals surface area contributed by atoms with E-state index in [1.165, 1.54) is 19.3 Å². The van der Waals surface area contributed by atoms with E-state index in [1.807, 2.05) is 6.07 Å². The Balaban J connectivity index is 1.48. The zero-order valence-corrected chi connectivity index (χ0v) is 15.3. The molecule has 3 atom stereocenters. The Bertz CT molecular complexity index is 494. The van der Waals surface area contributed by atoms with Gasteiger partial charge in [-0.15, -0.1) is 0 Å². The minimum absolute atomic E-state index is 0.482. The number of hydrogen-bond donors (Lipinski definition) is 2. The highest BCUT2D eigenvalue weighted by atomic mass is 32.1. The summed E-state index contributed by atoms with van der Waals surface area (Å²) in [5, 5.41) is 7.61. The van der Waals surface area contributed by atoms with E-state index in [0.717, 1.165) is 49.8 Å². The maximum atomic E-state index is 5.56. The molecule has 0 radical (unpaired) electrons. The van der Waals surface area contributed by atoms with Crippen molar-refractivity contribution in [2.75, 3.05) is 20.3 Å². The molecule has 2 bridgehead atoms. The van der Waals surface area contributed by atoms with E-state index in [-0.39, 0.29) is 0 Å². The third kappa shape index (κ3) is 4.71. The molecule has 0 amide bonds. The fourth-order valence-corrected chi connectivity index (χ4v) is 4.36. The van der Waals surface area contributed by atoms with Crippen LogP contribution >= 0.6 is 12.2 Å². The van der Waals surface area contributed by atoms with Crippen LogP contribution < -0.4 is 10.6 Å². The number of piperidine rings is 2. The Morgan fingerprint density at radius 1 is 1.38 bits per heavy atom. The maximum absolute atomic E-state index is 5.56. The van der Waals surface area contributed by atoms with Gasteiger partial charge in [0.2, 0.25) is 0 Å². The van der Waals surface area contributed by atoms with Gasteiger partial charge in [0.1, 0.15) is 5.76 Å². The third-order valence-electron chi connectivity index (χ3n) is 5.19. The van der Waals surface area contributed by atoms with E-state index in [0.29, 0.717) is 18.1 Å². The number of thiocarbonyl (C=S) groups is 1. The lowest BCUT2D eigenvalue weighted by atomic mass is 9.81. The monoisotopic (exact) mass is 351 g/mol. The molecule has 0 aliphatic carbocycles. The van der Waals surface area contributed by atoms with Gasteiger partial charge in [-0.05, 0) is 56.5 Å². The van der Waals surface area contributed by atoms with E-state index < -0.39 is 0 Å². The molecule has 5 nitrogen and oxygen atoms in total. The first-order valence-corrected chi connectivity index (χ1v) is 9.48. The minimum Gasteiger partial charge on any atom is -0.468 e. The van der Waals surface area contributed by atoms with Gasteiger partial charge in [0, 0.05) is 38.4 Å². The Kier molecular flexibility index (Phi) is 6.51. The Labute approximate surface area is 150 Å². The van der Waals surface area contributed by atoms with Crippen molar-refractivity contribution >= 4 is 17.3 Å². The molecule has 1 aromatic rings. The topological polar surface area (TPSA) is 49.7 Å². The van der Waals surface area contributed by atoms with Crippen LogP contribution in [0.1, 0.15) is 44.3 Å². The van der Waals surface area contributed by atoms with Gasteiger partial charge in [0.05, 0.1) is 12.8 Å². The summed E-state index contributed by atoms with van der Waals surface area (Å²) in [6, 6.07) is 5.81. The first-order valence-electron chi connectivity index (χ1n) is 9.07. The highest BCUT2D eigenvalue weighted by Gasteiger charge is 2.38. The third-order valence-corrected chi connectivity index (χ3v) is 5.45. The first kappa shape index (κ1) is 17.7. The van der Waals surface area contributed by atoms with Crippen molar-refractivity contribution in [3.63, 3.8) is 0 Å². The number of hydrogen-bond acceptors (Lipinski definition) is 4. The zero-order chi connectivity index (χ0) is 16.8. The molecule has 2 fully saturated rings. The van der Waals surface area contributed by atoms with Crippen LogP contribution in [0.25, 0.3) is 0 Å². The molecule has 3 heterocycles. The van der Waals surface area contributed by atoms with Crippen LogP contribution in [0.5, 0.6) is 0 Å². The van der Waals surface area contributed by atoms with Crippen molar-refractivity contribution in [2.45, 2.75) is 63.2 Å². The lowest BCUT2D eigenvalue weighted by Gasteiger charge is -2.48. The molecular formula is C18H29N3O2S. The van der Waals surface area contributed by atoms with E-state index >= 15 is 0 Å². The fraction of sp³-hybridized carbons (Fsp3) is 0.722. The van der Waals surface area contributed by atoms with E-state index in [2.05, 4.69) is 21.6 Å². The van der Waals surface area contributed by atoms with Crippen molar-refractivity contribution in [1.82, 2.24) is 15.5 Å². The summed E-state index contributed by atoms with van der Waals surface area (Å²) in [6.07, 6.45) is 8.98. The molecule has 1 unspecified atom stereocenters. The largest absolute Gasteiger partial charge is 0.468 e. The van der Waals surface area contributed by atoms with Crippen molar-refractivity contribution in [3.8, 4) is 0 Å². The van der Waals surface area contributed by atoms with Crippen LogP contribution in [0.15, 0.2) is 22.8 Å². The van der Waals surface area contributed by atoms with Crippen LogP contribution in [0.2, 0.25) is 0 Å². The maximum Gasteiger partial charge on any atom is 0.166 e. The highest BCUT2D eigenvalue weighted by Crippen LogP contribution is 2.35. The smallest absolute Gasteiger partial charge is 0.166 e. The molecule has 0 saturated carbocycles. The molecule has 2 aliphatic heterocycles. The van der Waals surface area contributed by atoms with Gasteiger partial charge in [-0.2, -0.15) is 0 Å². The highest BCUT2D eigenvalue weighted by molar-refractivity contribution is 7.80. The molecule has 2 aliphatic rings. The molecular weight excluding hydrogens is 322 g/mol.